The van der Waals surface area contributed by atoms with Crippen LogP contribution in [0.1, 0.15) is 35.9 Å². The van der Waals surface area contributed by atoms with Crippen molar-refractivity contribution < 1.29 is 17.1 Å². The topological polar surface area (TPSA) is 63.2 Å². The van der Waals surface area contributed by atoms with Crippen molar-refractivity contribution in [2.75, 3.05) is 6.54 Å². The molecule has 17 heavy (non-hydrogen) atoms. The van der Waals surface area contributed by atoms with E-state index in [1.165, 1.54) is 0 Å². The predicted octanol–water partition coefficient (Wildman–Crippen LogP) is 2.33. The fraction of sp³-hybridized carbons (Fsp3) is 0.500. The van der Waals surface area contributed by atoms with Crippen LogP contribution in [0.2, 0.25) is 0 Å². The Bertz CT molecular complexity index is 481. The molecule has 0 unspecified atom stereocenters. The van der Waals surface area contributed by atoms with Gasteiger partial charge in [0.05, 0.1) is 4.88 Å². The van der Waals surface area contributed by atoms with Crippen LogP contribution in [0.15, 0.2) is 16.3 Å². The van der Waals surface area contributed by atoms with E-state index in [1.807, 2.05) is 0 Å². The molecule has 96 valence electrons. The van der Waals surface area contributed by atoms with E-state index in [9.17, 15) is 17.1 Å². The van der Waals surface area contributed by atoms with Gasteiger partial charge in [0.1, 0.15) is 4.90 Å². The van der Waals surface area contributed by atoms with Crippen LogP contribution in [0.5, 0.6) is 0 Å². The SMILES string of the molecule is CCCCCNC(=O)c1cc(S(=O)(=O)F)cs1. The molecule has 0 bridgehead atoms. The minimum atomic E-state index is -4.71. The molecule has 1 heterocycles. The number of hydrogen-bond acceptors (Lipinski definition) is 4. The summed E-state index contributed by atoms with van der Waals surface area (Å²) in [5, 5.41) is 3.77. The normalized spacial score (nSPS) is 11.4. The molecule has 0 radical (unpaired) electrons. The highest BCUT2D eigenvalue weighted by Gasteiger charge is 2.17. The zero-order valence-corrected chi connectivity index (χ0v) is 11.0. The molecular weight excluding hydrogens is 265 g/mol. The third-order valence-corrected chi connectivity index (χ3v) is 4.02. The number of amides is 1. The van der Waals surface area contributed by atoms with Crippen LogP contribution in [0, 0.1) is 0 Å². The number of carbonyl (C=O) groups excluding carboxylic acids is 1. The molecule has 0 atom stereocenters. The molecule has 4 nitrogen and oxygen atoms in total. The summed E-state index contributed by atoms with van der Waals surface area (Å²) < 4.78 is 33.8. The molecule has 7 heteroatoms. The van der Waals surface area contributed by atoms with Crippen LogP contribution in [0.3, 0.4) is 0 Å². The number of halogens is 1. The van der Waals surface area contributed by atoms with Crippen LogP contribution in [-0.4, -0.2) is 20.9 Å². The molecule has 0 aromatic carbocycles. The lowest BCUT2D eigenvalue weighted by molar-refractivity contribution is 0.0957. The van der Waals surface area contributed by atoms with Gasteiger partial charge in [-0.05, 0) is 12.5 Å². The van der Waals surface area contributed by atoms with Gasteiger partial charge in [-0.25, -0.2) is 0 Å². The minimum Gasteiger partial charge on any atom is -0.351 e. The summed E-state index contributed by atoms with van der Waals surface area (Å²) in [7, 11) is -4.71. The quantitative estimate of drug-likeness (QED) is 0.642. The van der Waals surface area contributed by atoms with E-state index in [0.29, 0.717) is 6.54 Å². The van der Waals surface area contributed by atoms with Gasteiger partial charge in [0.25, 0.3) is 5.91 Å². The third kappa shape index (κ3) is 4.43. The van der Waals surface area contributed by atoms with Gasteiger partial charge in [-0.15, -0.1) is 15.2 Å². The van der Waals surface area contributed by atoms with Crippen LogP contribution < -0.4 is 5.32 Å². The van der Waals surface area contributed by atoms with Crippen LogP contribution >= 0.6 is 11.3 Å². The summed E-state index contributed by atoms with van der Waals surface area (Å²) in [4.78, 5) is 11.3. The first-order chi connectivity index (χ1) is 7.95. The predicted molar refractivity (Wildman–Crippen MR) is 64.5 cm³/mol. The first-order valence-corrected chi connectivity index (χ1v) is 7.53. The van der Waals surface area contributed by atoms with Crippen molar-refractivity contribution in [3.63, 3.8) is 0 Å². The minimum absolute atomic E-state index is 0.206. The van der Waals surface area contributed by atoms with Gasteiger partial charge in [0.2, 0.25) is 0 Å². The number of hydrogen-bond donors (Lipinski definition) is 1. The van der Waals surface area contributed by atoms with Crippen molar-refractivity contribution in [1.82, 2.24) is 5.32 Å². The van der Waals surface area contributed by atoms with Crippen molar-refractivity contribution in [2.45, 2.75) is 31.1 Å². The fourth-order valence-corrected chi connectivity index (χ4v) is 2.85. The van der Waals surface area contributed by atoms with Crippen molar-refractivity contribution in [2.24, 2.45) is 0 Å². The maximum absolute atomic E-state index is 12.6. The molecule has 1 aromatic rings. The molecule has 1 N–H and O–H groups in total. The van der Waals surface area contributed by atoms with Crippen molar-refractivity contribution in [3.05, 3.63) is 16.3 Å². The average molecular weight is 279 g/mol. The highest BCUT2D eigenvalue weighted by atomic mass is 32.3. The lowest BCUT2D eigenvalue weighted by atomic mass is 10.2. The second kappa shape index (κ2) is 6.11. The van der Waals surface area contributed by atoms with Crippen LogP contribution in [0.25, 0.3) is 0 Å². The van der Waals surface area contributed by atoms with E-state index in [4.69, 9.17) is 0 Å². The Kier molecular flexibility index (Phi) is 5.07. The van der Waals surface area contributed by atoms with E-state index in [-0.39, 0.29) is 10.8 Å². The Morgan fingerprint density at radius 3 is 2.71 bits per heavy atom. The molecule has 0 fully saturated rings. The zero-order valence-electron chi connectivity index (χ0n) is 9.40. The number of unbranched alkanes of at least 4 members (excludes halogenated alkanes) is 2. The van der Waals surface area contributed by atoms with Crippen molar-refractivity contribution in [1.29, 1.82) is 0 Å². The molecule has 0 saturated carbocycles. The maximum Gasteiger partial charge on any atom is 0.332 e. The molecule has 0 saturated heterocycles. The lowest BCUT2D eigenvalue weighted by Crippen LogP contribution is -2.23. The second-order valence-electron chi connectivity index (χ2n) is 3.55. The van der Waals surface area contributed by atoms with Gasteiger partial charge in [-0.3, -0.25) is 4.79 Å². The Balaban J connectivity index is 2.56. The molecule has 0 aliphatic rings. The molecule has 0 spiro atoms. The van der Waals surface area contributed by atoms with Gasteiger partial charge in [0.15, 0.2) is 0 Å². The largest absolute Gasteiger partial charge is 0.351 e. The van der Waals surface area contributed by atoms with Gasteiger partial charge in [-0.1, -0.05) is 19.8 Å². The van der Waals surface area contributed by atoms with Crippen molar-refractivity contribution >= 4 is 27.5 Å². The molecule has 0 aliphatic heterocycles. The summed E-state index contributed by atoms with van der Waals surface area (Å²) >= 11 is 0.917. The zero-order chi connectivity index (χ0) is 12.9. The summed E-state index contributed by atoms with van der Waals surface area (Å²) in [6, 6.07) is 1.05. The highest BCUT2D eigenvalue weighted by molar-refractivity contribution is 7.86. The monoisotopic (exact) mass is 279 g/mol. The Morgan fingerprint density at radius 1 is 1.47 bits per heavy atom. The number of carbonyl (C=O) groups is 1. The van der Waals surface area contributed by atoms with Gasteiger partial charge in [-0.2, -0.15) is 8.42 Å². The van der Waals surface area contributed by atoms with Crippen LogP contribution in [0.4, 0.5) is 3.89 Å². The van der Waals surface area contributed by atoms with E-state index >= 15 is 0 Å². The average Bonchev–Trinajstić information content (AvgIpc) is 2.72. The van der Waals surface area contributed by atoms with E-state index < -0.39 is 15.1 Å². The van der Waals surface area contributed by atoms with Gasteiger partial charge in [0, 0.05) is 11.9 Å². The van der Waals surface area contributed by atoms with Gasteiger partial charge >= 0.3 is 10.2 Å². The van der Waals surface area contributed by atoms with Crippen molar-refractivity contribution in [3.8, 4) is 0 Å². The van der Waals surface area contributed by atoms with E-state index in [2.05, 4.69) is 12.2 Å². The third-order valence-electron chi connectivity index (χ3n) is 2.15. The first-order valence-electron chi connectivity index (χ1n) is 5.26. The van der Waals surface area contributed by atoms with E-state index in [1.54, 1.807) is 0 Å². The number of nitrogens with one attached hydrogen (secondary N) is 1. The second-order valence-corrected chi connectivity index (χ2v) is 5.81. The van der Waals surface area contributed by atoms with Gasteiger partial charge < -0.3 is 5.32 Å². The maximum atomic E-state index is 12.6. The Labute approximate surface area is 104 Å². The number of rotatable bonds is 6. The summed E-state index contributed by atoms with van der Waals surface area (Å²) in [5.74, 6) is -0.360. The fourth-order valence-electron chi connectivity index (χ4n) is 1.23. The molecular formula is C10H14FNO3S2. The lowest BCUT2D eigenvalue weighted by Gasteiger charge is -2.01. The molecule has 1 amide bonds. The molecule has 0 aliphatic carbocycles. The molecule has 1 aromatic heterocycles. The Morgan fingerprint density at radius 2 is 2.18 bits per heavy atom. The highest BCUT2D eigenvalue weighted by Crippen LogP contribution is 2.20. The first kappa shape index (κ1) is 14.1. The summed E-state index contributed by atoms with van der Waals surface area (Å²) in [6.45, 7) is 2.60. The smallest absolute Gasteiger partial charge is 0.332 e. The molecule has 1 rings (SSSR count). The number of thiophene rings is 1. The Hall–Kier alpha value is -0.950. The summed E-state index contributed by atoms with van der Waals surface area (Å²) in [6.07, 6.45) is 2.95. The summed E-state index contributed by atoms with van der Waals surface area (Å²) in [5.41, 5.74) is 0. The standard InChI is InChI=1S/C10H14FNO3S2/c1-2-3-4-5-12-10(13)9-6-8(7-16-9)17(11,14)15/h6-7H,2-5H2,1H3,(H,12,13). The van der Waals surface area contributed by atoms with Crippen LogP contribution in [-0.2, 0) is 10.2 Å². The van der Waals surface area contributed by atoms with E-state index in [0.717, 1.165) is 42.0 Å².